The normalized spacial score (nSPS) is 31.5. The zero-order valence-corrected chi connectivity index (χ0v) is 24.6. The van der Waals surface area contributed by atoms with Crippen molar-refractivity contribution in [1.29, 1.82) is 0 Å². The Bertz CT molecular complexity index is 1620. The van der Waals surface area contributed by atoms with E-state index >= 15 is 0 Å². The summed E-state index contributed by atoms with van der Waals surface area (Å²) in [6.45, 7) is 0.820. The molecule has 3 aromatic rings. The SMILES string of the molecule is COc1cc(-c2oc3cc(O)cc(O)c3c(=O)c2OC2OC(COC3OC(C)C(O)C(O)C3O)C(O)C(O)C2O)cc(O)c1OC. The molecule has 2 fully saturated rings. The molecule has 46 heavy (non-hydrogen) atoms. The third-order valence-electron chi connectivity index (χ3n) is 7.77. The second-order valence-corrected chi connectivity index (χ2v) is 10.8. The number of hydrogen-bond acceptors (Lipinski definition) is 17. The van der Waals surface area contributed by atoms with E-state index in [9.17, 15) is 50.8 Å². The maximum Gasteiger partial charge on any atom is 0.239 e. The molecule has 3 heterocycles. The Kier molecular flexibility index (Phi) is 9.50. The summed E-state index contributed by atoms with van der Waals surface area (Å²) >= 11 is 0. The molecule has 5 rings (SSSR count). The van der Waals surface area contributed by atoms with Crippen molar-refractivity contribution in [1.82, 2.24) is 0 Å². The van der Waals surface area contributed by atoms with E-state index in [1.807, 2.05) is 0 Å². The predicted octanol–water partition coefficient (Wildman–Crippen LogP) is -1.38. The van der Waals surface area contributed by atoms with Crippen molar-refractivity contribution < 1.29 is 78.8 Å². The molecule has 1 aromatic heterocycles. The molecule has 2 aliphatic rings. The van der Waals surface area contributed by atoms with Crippen LogP contribution in [-0.2, 0) is 14.2 Å². The van der Waals surface area contributed by atoms with Gasteiger partial charge >= 0.3 is 0 Å². The number of phenolic OH excluding ortho intramolecular Hbond substituents is 3. The molecule has 2 aliphatic heterocycles. The van der Waals surface area contributed by atoms with Gasteiger partial charge in [0.25, 0.3) is 0 Å². The van der Waals surface area contributed by atoms with E-state index in [1.165, 1.54) is 27.2 Å². The highest BCUT2D eigenvalue weighted by atomic mass is 16.7. The van der Waals surface area contributed by atoms with Crippen LogP contribution in [0.5, 0.6) is 34.5 Å². The molecule has 10 atom stereocenters. The van der Waals surface area contributed by atoms with E-state index < -0.39 is 108 Å². The molecular weight excluding hydrogens is 620 g/mol. The summed E-state index contributed by atoms with van der Waals surface area (Å²) < 4.78 is 38.5. The Hall–Kier alpha value is -3.91. The van der Waals surface area contributed by atoms with E-state index in [1.54, 1.807) is 0 Å². The van der Waals surface area contributed by atoms with Gasteiger partial charge < -0.3 is 78.8 Å². The summed E-state index contributed by atoms with van der Waals surface area (Å²) in [7, 11) is 2.56. The van der Waals surface area contributed by atoms with Gasteiger partial charge in [0.1, 0.15) is 65.2 Å². The lowest BCUT2D eigenvalue weighted by Crippen LogP contribution is -2.61. The number of hydrogen-bond donors (Lipinski definition) is 9. The molecule has 0 bridgehead atoms. The van der Waals surface area contributed by atoms with E-state index in [0.29, 0.717) is 0 Å². The minimum atomic E-state index is -1.98. The molecule has 252 valence electrons. The van der Waals surface area contributed by atoms with Crippen LogP contribution in [0.15, 0.2) is 33.5 Å². The monoisotopic (exact) mass is 654 g/mol. The Morgan fingerprint density at radius 2 is 1.41 bits per heavy atom. The van der Waals surface area contributed by atoms with Crippen LogP contribution in [-0.4, -0.2) is 128 Å². The summed E-state index contributed by atoms with van der Waals surface area (Å²) in [6.07, 6.45) is -16.2. The molecular formula is C29H34O17. The Balaban J connectivity index is 1.52. The molecule has 17 heteroatoms. The fraction of sp³-hybridized carbons (Fsp3) is 0.483. The lowest BCUT2D eigenvalue weighted by Gasteiger charge is -2.42. The van der Waals surface area contributed by atoms with Gasteiger partial charge in [0, 0.05) is 17.7 Å². The smallest absolute Gasteiger partial charge is 0.239 e. The third kappa shape index (κ3) is 5.99. The van der Waals surface area contributed by atoms with E-state index in [4.69, 9.17) is 32.8 Å². The molecule has 2 saturated heterocycles. The van der Waals surface area contributed by atoms with E-state index in [0.717, 1.165) is 18.2 Å². The maximum absolute atomic E-state index is 13.8. The van der Waals surface area contributed by atoms with Crippen molar-refractivity contribution in [2.24, 2.45) is 0 Å². The van der Waals surface area contributed by atoms with Crippen LogP contribution in [0.2, 0.25) is 0 Å². The predicted molar refractivity (Wildman–Crippen MR) is 152 cm³/mol. The van der Waals surface area contributed by atoms with Crippen LogP contribution in [0.3, 0.4) is 0 Å². The van der Waals surface area contributed by atoms with Gasteiger partial charge in [-0.15, -0.1) is 0 Å². The van der Waals surface area contributed by atoms with Crippen molar-refractivity contribution in [2.75, 3.05) is 20.8 Å². The van der Waals surface area contributed by atoms with Crippen LogP contribution in [0.25, 0.3) is 22.3 Å². The topological polar surface area (TPSA) is 268 Å². The minimum absolute atomic E-state index is 0.00809. The summed E-state index contributed by atoms with van der Waals surface area (Å²) in [5.41, 5.74) is -1.35. The minimum Gasteiger partial charge on any atom is -0.508 e. The summed E-state index contributed by atoms with van der Waals surface area (Å²) in [5, 5.41) is 92.9. The first-order valence-corrected chi connectivity index (χ1v) is 13.9. The quantitative estimate of drug-likeness (QED) is 0.135. The van der Waals surface area contributed by atoms with Crippen molar-refractivity contribution in [3.63, 3.8) is 0 Å². The fourth-order valence-electron chi connectivity index (χ4n) is 5.25. The average Bonchev–Trinajstić information content (AvgIpc) is 3.01. The van der Waals surface area contributed by atoms with Gasteiger partial charge in [-0.1, -0.05) is 0 Å². The molecule has 10 unspecified atom stereocenters. The molecule has 9 N–H and O–H groups in total. The van der Waals surface area contributed by atoms with Gasteiger partial charge in [-0.3, -0.25) is 4.79 Å². The number of rotatable bonds is 8. The lowest BCUT2D eigenvalue weighted by molar-refractivity contribution is -0.318. The number of benzene rings is 2. The van der Waals surface area contributed by atoms with Gasteiger partial charge in [-0.25, -0.2) is 0 Å². The van der Waals surface area contributed by atoms with Crippen molar-refractivity contribution >= 4 is 11.0 Å². The first-order valence-electron chi connectivity index (χ1n) is 13.9. The highest BCUT2D eigenvalue weighted by Crippen LogP contribution is 2.44. The number of aliphatic hydroxyl groups excluding tert-OH is 6. The molecule has 0 radical (unpaired) electrons. The van der Waals surface area contributed by atoms with Crippen molar-refractivity contribution in [3.05, 3.63) is 34.5 Å². The number of phenols is 3. The zero-order valence-electron chi connectivity index (χ0n) is 24.6. The molecule has 0 aliphatic carbocycles. The van der Waals surface area contributed by atoms with Crippen LogP contribution >= 0.6 is 0 Å². The summed E-state index contributed by atoms with van der Waals surface area (Å²) in [4.78, 5) is 13.8. The van der Waals surface area contributed by atoms with Crippen LogP contribution in [0, 0.1) is 0 Å². The molecule has 0 amide bonds. The van der Waals surface area contributed by atoms with Crippen LogP contribution in [0.1, 0.15) is 6.92 Å². The van der Waals surface area contributed by atoms with Gasteiger partial charge in [0.2, 0.25) is 23.2 Å². The maximum atomic E-state index is 13.8. The van der Waals surface area contributed by atoms with E-state index in [2.05, 4.69) is 0 Å². The van der Waals surface area contributed by atoms with Crippen molar-refractivity contribution in [3.8, 4) is 45.8 Å². The summed E-state index contributed by atoms with van der Waals surface area (Å²) in [5.74, 6) is -2.71. The summed E-state index contributed by atoms with van der Waals surface area (Å²) in [6, 6.07) is 4.37. The Morgan fingerprint density at radius 1 is 0.739 bits per heavy atom. The third-order valence-corrected chi connectivity index (χ3v) is 7.77. The highest BCUT2D eigenvalue weighted by Gasteiger charge is 2.48. The molecule has 2 aromatic carbocycles. The van der Waals surface area contributed by atoms with Crippen LogP contribution in [0.4, 0.5) is 0 Å². The highest BCUT2D eigenvalue weighted by molar-refractivity contribution is 5.88. The van der Waals surface area contributed by atoms with Crippen molar-refractivity contribution in [2.45, 2.75) is 68.3 Å². The van der Waals surface area contributed by atoms with Gasteiger partial charge in [-0.05, 0) is 19.1 Å². The first kappa shape index (κ1) is 33.5. The largest absolute Gasteiger partial charge is 0.508 e. The van der Waals surface area contributed by atoms with Gasteiger partial charge in [0.15, 0.2) is 23.5 Å². The number of aliphatic hydroxyl groups is 6. The Morgan fingerprint density at radius 3 is 2.09 bits per heavy atom. The second kappa shape index (κ2) is 13.1. The lowest BCUT2D eigenvalue weighted by atomic mass is 9.98. The van der Waals surface area contributed by atoms with E-state index in [-0.39, 0.29) is 22.6 Å². The molecule has 17 nitrogen and oxygen atoms in total. The number of methoxy groups -OCH3 is 2. The first-order chi connectivity index (χ1) is 21.8. The number of fused-ring (bicyclic) bond motifs is 1. The number of ether oxygens (including phenoxy) is 6. The zero-order chi connectivity index (χ0) is 33.6. The standard InChI is InChI=1S/C29H34O17/c1-9-18(33)21(36)23(38)28(43-9)42-8-16-19(34)22(37)24(39)29(45-16)46-27-20(35)17-12(31)6-11(30)7-14(17)44-25(27)10-4-13(32)26(41-3)15(5-10)40-2/h4-7,9,16,18-19,21-24,28-34,36-39H,8H2,1-3H3. The van der Waals surface area contributed by atoms with Gasteiger partial charge in [-0.2, -0.15) is 0 Å². The molecule has 0 spiro atoms. The number of aromatic hydroxyl groups is 3. The second-order valence-electron chi connectivity index (χ2n) is 10.8. The fourth-order valence-corrected chi connectivity index (χ4v) is 5.25. The van der Waals surface area contributed by atoms with Crippen LogP contribution < -0.4 is 19.6 Å². The van der Waals surface area contributed by atoms with Gasteiger partial charge in [0.05, 0.1) is 26.9 Å². The Labute approximate surface area is 259 Å². The average molecular weight is 655 g/mol. The molecule has 0 saturated carbocycles.